The summed E-state index contributed by atoms with van der Waals surface area (Å²) in [7, 11) is 2.17. The van der Waals surface area contributed by atoms with Crippen LogP contribution in [0.2, 0.25) is 0 Å². The van der Waals surface area contributed by atoms with Gasteiger partial charge < -0.3 is 10.2 Å². The van der Waals surface area contributed by atoms with Crippen LogP contribution >= 0.6 is 15.9 Å². The van der Waals surface area contributed by atoms with E-state index >= 15 is 0 Å². The molecule has 1 aliphatic heterocycles. The SMILES string of the molecule is Brc1ccccc1.CC.CC.CN1CCCC1.O=CNc1cccc2cccnc12. The Balaban J connectivity index is 0.000000420. The summed E-state index contributed by atoms with van der Waals surface area (Å²) >= 11 is 3.31. The summed E-state index contributed by atoms with van der Waals surface area (Å²) in [6.07, 6.45) is 5.19. The minimum atomic E-state index is 0.656. The molecular formula is C25H36BrN3O. The van der Waals surface area contributed by atoms with Crippen LogP contribution in [-0.4, -0.2) is 36.4 Å². The predicted molar refractivity (Wildman–Crippen MR) is 135 cm³/mol. The van der Waals surface area contributed by atoms with Crippen LogP contribution in [0.4, 0.5) is 5.69 Å². The zero-order valence-corrected chi connectivity index (χ0v) is 20.5. The van der Waals surface area contributed by atoms with Crippen molar-refractivity contribution >= 4 is 38.9 Å². The third kappa shape index (κ3) is 11.7. The minimum Gasteiger partial charge on any atom is -0.327 e. The number of anilines is 1. The van der Waals surface area contributed by atoms with Crippen molar-refractivity contribution in [2.75, 3.05) is 25.5 Å². The van der Waals surface area contributed by atoms with Gasteiger partial charge in [0.1, 0.15) is 0 Å². The Morgan fingerprint density at radius 2 is 1.50 bits per heavy atom. The standard InChI is InChI=1S/C10H8N2O.C6H5Br.C5H11N.2C2H6/c13-7-12-9-5-1-3-8-4-2-6-11-10(8)9;7-6-4-2-1-3-5-6;1-6-4-2-3-5-6;2*1-2/h1-7H,(H,12,13);1-5H;2-5H2,1H3;2*1-2H3. The first-order valence-electron chi connectivity index (χ1n) is 10.6. The molecule has 1 amide bonds. The molecule has 1 N–H and O–H groups in total. The third-order valence-corrected chi connectivity index (χ3v) is 4.44. The second-order valence-electron chi connectivity index (χ2n) is 5.95. The molecule has 1 fully saturated rings. The van der Waals surface area contributed by atoms with E-state index in [-0.39, 0.29) is 0 Å². The number of carbonyl (C=O) groups excluding carboxylic acids is 1. The Labute approximate surface area is 190 Å². The lowest BCUT2D eigenvalue weighted by atomic mass is 10.2. The number of hydrogen-bond acceptors (Lipinski definition) is 3. The van der Waals surface area contributed by atoms with E-state index in [1.807, 2.05) is 88.4 Å². The second-order valence-corrected chi connectivity index (χ2v) is 6.86. The molecule has 0 spiro atoms. The lowest BCUT2D eigenvalue weighted by Crippen LogP contribution is -2.10. The highest BCUT2D eigenvalue weighted by Crippen LogP contribution is 2.19. The molecule has 30 heavy (non-hydrogen) atoms. The fourth-order valence-electron chi connectivity index (χ4n) is 2.57. The number of aromatic nitrogens is 1. The van der Waals surface area contributed by atoms with Crippen LogP contribution in [0.3, 0.4) is 0 Å². The van der Waals surface area contributed by atoms with Gasteiger partial charge >= 0.3 is 0 Å². The van der Waals surface area contributed by atoms with Gasteiger partial charge in [-0.3, -0.25) is 9.78 Å². The Morgan fingerprint density at radius 1 is 0.900 bits per heavy atom. The number of nitrogens with zero attached hydrogens (tertiary/aromatic N) is 2. The Bertz CT molecular complexity index is 785. The number of carbonyl (C=O) groups is 1. The monoisotopic (exact) mass is 473 g/mol. The number of amides is 1. The van der Waals surface area contributed by atoms with Crippen molar-refractivity contribution in [3.8, 4) is 0 Å². The van der Waals surface area contributed by atoms with E-state index in [9.17, 15) is 4.79 Å². The van der Waals surface area contributed by atoms with E-state index < -0.39 is 0 Å². The molecule has 3 aromatic rings. The quantitative estimate of drug-likeness (QED) is 0.406. The van der Waals surface area contributed by atoms with Crippen molar-refractivity contribution in [1.29, 1.82) is 0 Å². The van der Waals surface area contributed by atoms with Crippen molar-refractivity contribution in [2.45, 2.75) is 40.5 Å². The number of para-hydroxylation sites is 1. The molecular weight excluding hydrogens is 438 g/mol. The van der Waals surface area contributed by atoms with Crippen LogP contribution in [0.15, 0.2) is 71.3 Å². The fraction of sp³-hybridized carbons (Fsp3) is 0.360. The maximum atomic E-state index is 10.3. The molecule has 1 aliphatic rings. The number of benzene rings is 2. The Morgan fingerprint density at radius 3 is 1.97 bits per heavy atom. The maximum absolute atomic E-state index is 10.3. The van der Waals surface area contributed by atoms with E-state index in [1.54, 1.807) is 6.20 Å². The summed E-state index contributed by atoms with van der Waals surface area (Å²) < 4.78 is 1.13. The van der Waals surface area contributed by atoms with Crippen LogP contribution < -0.4 is 5.32 Å². The fourth-order valence-corrected chi connectivity index (χ4v) is 2.88. The molecule has 4 rings (SSSR count). The second kappa shape index (κ2) is 18.8. The van der Waals surface area contributed by atoms with Gasteiger partial charge in [-0.15, -0.1) is 0 Å². The number of likely N-dealkylation sites (tertiary alicyclic amines) is 1. The summed E-state index contributed by atoms with van der Waals surface area (Å²) in [5.74, 6) is 0. The van der Waals surface area contributed by atoms with E-state index in [4.69, 9.17) is 0 Å². The van der Waals surface area contributed by atoms with Crippen molar-refractivity contribution in [3.05, 3.63) is 71.3 Å². The lowest BCUT2D eigenvalue weighted by molar-refractivity contribution is -0.105. The summed E-state index contributed by atoms with van der Waals surface area (Å²) in [5.41, 5.74) is 1.56. The molecule has 164 valence electrons. The minimum absolute atomic E-state index is 0.656. The molecule has 0 atom stereocenters. The number of halogens is 1. The summed E-state index contributed by atoms with van der Waals surface area (Å²) in [5, 5.41) is 3.63. The van der Waals surface area contributed by atoms with Gasteiger partial charge in [0.2, 0.25) is 6.41 Å². The van der Waals surface area contributed by atoms with Gasteiger partial charge in [0, 0.05) is 16.1 Å². The van der Waals surface area contributed by atoms with Crippen LogP contribution in [0, 0.1) is 0 Å². The van der Waals surface area contributed by atoms with Gasteiger partial charge in [-0.05, 0) is 57.2 Å². The first-order chi connectivity index (χ1) is 14.7. The summed E-state index contributed by atoms with van der Waals surface area (Å²) in [4.78, 5) is 16.8. The zero-order valence-electron chi connectivity index (χ0n) is 18.9. The molecule has 4 nitrogen and oxygen atoms in total. The van der Waals surface area contributed by atoms with Gasteiger partial charge in [0.25, 0.3) is 0 Å². The summed E-state index contributed by atoms with van der Waals surface area (Å²) in [6.45, 7) is 10.6. The smallest absolute Gasteiger partial charge is 0.211 e. The largest absolute Gasteiger partial charge is 0.327 e. The molecule has 0 unspecified atom stereocenters. The molecule has 0 aliphatic carbocycles. The highest BCUT2D eigenvalue weighted by atomic mass is 79.9. The van der Waals surface area contributed by atoms with E-state index in [2.05, 4.69) is 38.2 Å². The molecule has 5 heteroatoms. The van der Waals surface area contributed by atoms with Gasteiger partial charge in [-0.25, -0.2) is 0 Å². The maximum Gasteiger partial charge on any atom is 0.211 e. The topological polar surface area (TPSA) is 45.2 Å². The van der Waals surface area contributed by atoms with Crippen LogP contribution in [0.25, 0.3) is 10.9 Å². The Hall–Kier alpha value is -2.24. The van der Waals surface area contributed by atoms with Crippen molar-refractivity contribution < 1.29 is 4.79 Å². The van der Waals surface area contributed by atoms with E-state index in [1.165, 1.54) is 25.9 Å². The van der Waals surface area contributed by atoms with Crippen molar-refractivity contribution in [2.24, 2.45) is 0 Å². The highest BCUT2D eigenvalue weighted by Gasteiger charge is 2.03. The molecule has 0 radical (unpaired) electrons. The number of pyridine rings is 1. The molecule has 1 aromatic heterocycles. The number of nitrogens with one attached hydrogen (secondary N) is 1. The molecule has 1 saturated heterocycles. The van der Waals surface area contributed by atoms with Gasteiger partial charge in [0.05, 0.1) is 11.2 Å². The van der Waals surface area contributed by atoms with E-state index in [0.717, 1.165) is 21.1 Å². The van der Waals surface area contributed by atoms with E-state index in [0.29, 0.717) is 6.41 Å². The molecule has 2 heterocycles. The molecule has 0 saturated carbocycles. The van der Waals surface area contributed by atoms with Gasteiger partial charge in [0.15, 0.2) is 0 Å². The van der Waals surface area contributed by atoms with Gasteiger partial charge in [-0.2, -0.15) is 0 Å². The average Bonchev–Trinajstić information content (AvgIpc) is 3.29. The normalized spacial score (nSPS) is 11.8. The van der Waals surface area contributed by atoms with Crippen molar-refractivity contribution in [3.63, 3.8) is 0 Å². The summed E-state index contributed by atoms with van der Waals surface area (Å²) in [6, 6.07) is 19.5. The number of fused-ring (bicyclic) bond motifs is 1. The van der Waals surface area contributed by atoms with Crippen LogP contribution in [0.1, 0.15) is 40.5 Å². The number of hydrogen-bond donors (Lipinski definition) is 1. The average molecular weight is 474 g/mol. The molecule has 0 bridgehead atoms. The highest BCUT2D eigenvalue weighted by molar-refractivity contribution is 9.10. The number of rotatable bonds is 2. The third-order valence-electron chi connectivity index (χ3n) is 3.91. The van der Waals surface area contributed by atoms with Crippen LogP contribution in [0.5, 0.6) is 0 Å². The first-order valence-corrected chi connectivity index (χ1v) is 11.4. The zero-order chi connectivity index (χ0) is 22.6. The Kier molecular flexibility index (Phi) is 17.4. The first kappa shape index (κ1) is 27.8. The van der Waals surface area contributed by atoms with Gasteiger partial charge in [-0.1, -0.05) is 80.0 Å². The predicted octanol–water partition coefficient (Wildman–Crippen LogP) is 7.02. The van der Waals surface area contributed by atoms with Crippen LogP contribution in [-0.2, 0) is 4.79 Å². The van der Waals surface area contributed by atoms with Crippen molar-refractivity contribution in [1.82, 2.24) is 9.88 Å². The molecule has 2 aromatic carbocycles. The lowest BCUT2D eigenvalue weighted by Gasteiger charge is -2.02.